The standard InChI is InChI=1S/C15H23N3O4/c1-10-16-12(18-7-5-6-11(18)9-21-4)8-13(17-10)22-15(2,3)14(19)20/h8,11H,5-7,9H2,1-4H3,(H,19,20)/t11-/m0/s1. The third-order valence-electron chi connectivity index (χ3n) is 3.71. The van der Waals surface area contributed by atoms with Gasteiger partial charge in [0.15, 0.2) is 0 Å². The SMILES string of the molecule is COC[C@@H]1CCCN1c1cc(OC(C)(C)C(=O)O)nc(C)n1. The Kier molecular flexibility index (Phi) is 4.85. The van der Waals surface area contributed by atoms with Crippen LogP contribution in [-0.4, -0.2) is 52.9 Å². The van der Waals surface area contributed by atoms with E-state index >= 15 is 0 Å². The summed E-state index contributed by atoms with van der Waals surface area (Å²) in [6, 6.07) is 1.98. The molecule has 0 spiro atoms. The molecule has 0 unspecified atom stereocenters. The Bertz CT molecular complexity index is 548. The number of aromatic nitrogens is 2. The third-order valence-corrected chi connectivity index (χ3v) is 3.71. The predicted molar refractivity (Wildman–Crippen MR) is 81.4 cm³/mol. The topological polar surface area (TPSA) is 84.8 Å². The Balaban J connectivity index is 2.25. The van der Waals surface area contributed by atoms with Gasteiger partial charge in [-0.25, -0.2) is 9.78 Å². The van der Waals surface area contributed by atoms with E-state index in [0.717, 1.165) is 25.2 Å². The van der Waals surface area contributed by atoms with Crippen LogP contribution in [0.1, 0.15) is 32.5 Å². The smallest absolute Gasteiger partial charge is 0.347 e. The van der Waals surface area contributed by atoms with Gasteiger partial charge in [-0.3, -0.25) is 0 Å². The molecule has 2 rings (SSSR count). The summed E-state index contributed by atoms with van der Waals surface area (Å²) >= 11 is 0. The fourth-order valence-electron chi connectivity index (χ4n) is 2.53. The fraction of sp³-hybridized carbons (Fsp3) is 0.667. The molecule has 0 saturated carbocycles. The van der Waals surface area contributed by atoms with Gasteiger partial charge in [0.2, 0.25) is 11.5 Å². The highest BCUT2D eigenvalue weighted by Gasteiger charge is 2.31. The molecule has 0 aromatic carbocycles. The van der Waals surface area contributed by atoms with Gasteiger partial charge in [-0.1, -0.05) is 0 Å². The van der Waals surface area contributed by atoms with Crippen molar-refractivity contribution in [3.05, 3.63) is 11.9 Å². The molecule has 0 amide bonds. The summed E-state index contributed by atoms with van der Waals surface area (Å²) in [5.41, 5.74) is -1.34. The fourth-order valence-corrected chi connectivity index (χ4v) is 2.53. The summed E-state index contributed by atoms with van der Waals surface area (Å²) in [6.07, 6.45) is 2.13. The van der Waals surface area contributed by atoms with Gasteiger partial charge in [-0.2, -0.15) is 4.98 Å². The summed E-state index contributed by atoms with van der Waals surface area (Å²) in [6.45, 7) is 6.30. The summed E-state index contributed by atoms with van der Waals surface area (Å²) < 4.78 is 10.8. The van der Waals surface area contributed by atoms with Crippen molar-refractivity contribution in [3.63, 3.8) is 0 Å². The lowest BCUT2D eigenvalue weighted by atomic mass is 10.1. The van der Waals surface area contributed by atoms with Crippen molar-refractivity contribution in [2.24, 2.45) is 0 Å². The van der Waals surface area contributed by atoms with Gasteiger partial charge in [-0.15, -0.1) is 0 Å². The second-order valence-electron chi connectivity index (χ2n) is 5.97. The molecule has 0 aliphatic carbocycles. The van der Waals surface area contributed by atoms with Crippen molar-refractivity contribution >= 4 is 11.8 Å². The monoisotopic (exact) mass is 309 g/mol. The van der Waals surface area contributed by atoms with Crippen LogP contribution in [-0.2, 0) is 9.53 Å². The Labute approximate surface area is 130 Å². The van der Waals surface area contributed by atoms with Crippen LogP contribution in [0.5, 0.6) is 5.88 Å². The van der Waals surface area contributed by atoms with Crippen LogP contribution >= 0.6 is 0 Å². The molecule has 0 radical (unpaired) electrons. The second kappa shape index (κ2) is 6.48. The maximum atomic E-state index is 11.2. The maximum Gasteiger partial charge on any atom is 0.347 e. The van der Waals surface area contributed by atoms with E-state index in [1.54, 1.807) is 20.1 Å². The number of ether oxygens (including phenoxy) is 2. The zero-order valence-corrected chi connectivity index (χ0v) is 13.5. The summed E-state index contributed by atoms with van der Waals surface area (Å²) in [7, 11) is 1.69. The van der Waals surface area contributed by atoms with Crippen LogP contribution in [0.25, 0.3) is 0 Å². The van der Waals surface area contributed by atoms with Crippen LogP contribution in [0.3, 0.4) is 0 Å². The van der Waals surface area contributed by atoms with Crippen molar-refractivity contribution < 1.29 is 19.4 Å². The van der Waals surface area contributed by atoms with E-state index in [4.69, 9.17) is 14.6 Å². The summed E-state index contributed by atoms with van der Waals surface area (Å²) in [5.74, 6) is 0.543. The van der Waals surface area contributed by atoms with E-state index in [9.17, 15) is 4.79 Å². The number of hydrogen-bond donors (Lipinski definition) is 1. The van der Waals surface area contributed by atoms with E-state index in [1.165, 1.54) is 13.8 Å². The van der Waals surface area contributed by atoms with Gasteiger partial charge in [0.1, 0.15) is 11.6 Å². The first-order chi connectivity index (χ1) is 10.3. The molecular weight excluding hydrogens is 286 g/mol. The number of methoxy groups -OCH3 is 1. The van der Waals surface area contributed by atoms with E-state index in [0.29, 0.717) is 12.4 Å². The van der Waals surface area contributed by atoms with Crippen LogP contribution in [0, 0.1) is 6.92 Å². The number of anilines is 1. The first kappa shape index (κ1) is 16.5. The number of aliphatic carboxylic acids is 1. The number of hydrogen-bond acceptors (Lipinski definition) is 6. The van der Waals surface area contributed by atoms with Gasteiger partial charge >= 0.3 is 5.97 Å². The first-order valence-electron chi connectivity index (χ1n) is 7.37. The molecule has 1 aromatic rings. The maximum absolute atomic E-state index is 11.2. The predicted octanol–water partition coefficient (Wildman–Crippen LogP) is 1.64. The number of aryl methyl sites for hydroxylation is 1. The number of rotatable bonds is 6. The third kappa shape index (κ3) is 3.65. The van der Waals surface area contributed by atoms with Crippen LogP contribution in [0.2, 0.25) is 0 Å². The highest BCUT2D eigenvalue weighted by atomic mass is 16.5. The minimum absolute atomic E-state index is 0.276. The molecule has 7 heteroatoms. The van der Waals surface area contributed by atoms with Gasteiger partial charge in [0.05, 0.1) is 12.6 Å². The number of carbonyl (C=O) groups is 1. The number of carboxylic acid groups (broad SMARTS) is 1. The van der Waals surface area contributed by atoms with Crippen molar-refractivity contribution in [2.75, 3.05) is 25.2 Å². The van der Waals surface area contributed by atoms with Crippen molar-refractivity contribution in [3.8, 4) is 5.88 Å². The number of carboxylic acids is 1. The second-order valence-corrected chi connectivity index (χ2v) is 5.97. The molecule has 2 heterocycles. The Hall–Kier alpha value is -1.89. The summed E-state index contributed by atoms with van der Waals surface area (Å²) in [4.78, 5) is 22.0. The minimum atomic E-state index is -1.34. The zero-order chi connectivity index (χ0) is 16.3. The quantitative estimate of drug-likeness (QED) is 0.855. The molecule has 0 bridgehead atoms. The largest absolute Gasteiger partial charge is 0.478 e. The van der Waals surface area contributed by atoms with Crippen LogP contribution < -0.4 is 9.64 Å². The Morgan fingerprint density at radius 2 is 2.23 bits per heavy atom. The molecule has 1 aliphatic heterocycles. The van der Waals surface area contributed by atoms with Crippen LogP contribution in [0.15, 0.2) is 6.07 Å². The van der Waals surface area contributed by atoms with E-state index in [-0.39, 0.29) is 11.9 Å². The van der Waals surface area contributed by atoms with Gasteiger partial charge in [-0.05, 0) is 33.6 Å². The zero-order valence-electron chi connectivity index (χ0n) is 13.5. The van der Waals surface area contributed by atoms with Crippen molar-refractivity contribution in [1.29, 1.82) is 0 Å². The van der Waals surface area contributed by atoms with Gasteiger partial charge < -0.3 is 19.5 Å². The molecule has 1 fully saturated rings. The average molecular weight is 309 g/mol. The molecular formula is C15H23N3O4. The van der Waals surface area contributed by atoms with Crippen molar-refractivity contribution in [2.45, 2.75) is 45.3 Å². The van der Waals surface area contributed by atoms with E-state index in [2.05, 4.69) is 14.9 Å². The molecule has 1 saturated heterocycles. The lowest BCUT2D eigenvalue weighted by Gasteiger charge is -2.26. The normalized spacial score (nSPS) is 18.5. The lowest BCUT2D eigenvalue weighted by Crippen LogP contribution is -2.38. The van der Waals surface area contributed by atoms with E-state index in [1.807, 2.05) is 0 Å². The molecule has 122 valence electrons. The number of nitrogens with zero attached hydrogens (tertiary/aromatic N) is 3. The average Bonchev–Trinajstić information content (AvgIpc) is 2.86. The molecule has 7 nitrogen and oxygen atoms in total. The minimum Gasteiger partial charge on any atom is -0.478 e. The lowest BCUT2D eigenvalue weighted by molar-refractivity contribution is -0.152. The van der Waals surface area contributed by atoms with Crippen LogP contribution in [0.4, 0.5) is 5.82 Å². The molecule has 22 heavy (non-hydrogen) atoms. The van der Waals surface area contributed by atoms with Crippen molar-refractivity contribution in [1.82, 2.24) is 9.97 Å². The Morgan fingerprint density at radius 1 is 1.50 bits per heavy atom. The summed E-state index contributed by atoms with van der Waals surface area (Å²) in [5, 5.41) is 9.17. The molecule has 1 N–H and O–H groups in total. The highest BCUT2D eigenvalue weighted by molar-refractivity contribution is 5.76. The Morgan fingerprint density at radius 3 is 2.86 bits per heavy atom. The highest BCUT2D eigenvalue weighted by Crippen LogP contribution is 2.27. The van der Waals surface area contributed by atoms with Gasteiger partial charge in [0.25, 0.3) is 0 Å². The first-order valence-corrected chi connectivity index (χ1v) is 7.37. The molecule has 1 atom stereocenters. The van der Waals surface area contributed by atoms with E-state index < -0.39 is 11.6 Å². The molecule has 1 aromatic heterocycles. The van der Waals surface area contributed by atoms with Gasteiger partial charge in [0, 0.05) is 19.7 Å². The molecule has 1 aliphatic rings.